The van der Waals surface area contributed by atoms with Gasteiger partial charge >= 0.3 is 0 Å². The van der Waals surface area contributed by atoms with E-state index >= 15 is 0 Å². The molecule has 6 nitrogen and oxygen atoms in total. The lowest BCUT2D eigenvalue weighted by Crippen LogP contribution is -2.20. The maximum atomic E-state index is 12.1. The SMILES string of the molecule is O=C(COc1ccc(/C=N/NC(=O)c2ccc(Br)cc2)cc1Cl)Nc1ccc(Cl)c(Cl)c1. The normalized spacial score (nSPS) is 10.8. The van der Waals surface area contributed by atoms with Gasteiger partial charge < -0.3 is 10.1 Å². The van der Waals surface area contributed by atoms with Gasteiger partial charge in [0.2, 0.25) is 0 Å². The molecule has 2 N–H and O–H groups in total. The second kappa shape index (κ2) is 11.3. The van der Waals surface area contributed by atoms with Crippen LogP contribution in [-0.2, 0) is 4.79 Å². The molecular formula is C22H15BrCl3N3O3. The molecule has 0 aliphatic rings. The van der Waals surface area contributed by atoms with Gasteiger partial charge in [-0.25, -0.2) is 5.43 Å². The summed E-state index contributed by atoms with van der Waals surface area (Å²) in [6.45, 7) is -0.253. The van der Waals surface area contributed by atoms with Crippen molar-refractivity contribution in [2.75, 3.05) is 11.9 Å². The molecule has 2 amide bonds. The Hall–Kier alpha value is -2.58. The van der Waals surface area contributed by atoms with Crippen molar-refractivity contribution in [3.63, 3.8) is 0 Å². The van der Waals surface area contributed by atoms with Crippen molar-refractivity contribution in [2.45, 2.75) is 0 Å². The third-order valence-corrected chi connectivity index (χ3v) is 5.57. The Kier molecular flexibility index (Phi) is 8.53. The van der Waals surface area contributed by atoms with E-state index in [1.807, 2.05) is 0 Å². The molecule has 0 heterocycles. The zero-order valence-corrected chi connectivity index (χ0v) is 20.1. The fourth-order valence-corrected chi connectivity index (χ4v) is 3.27. The standard InChI is InChI=1S/C22H15BrCl3N3O3/c23-15-4-2-14(3-5-15)22(31)29-27-11-13-1-8-20(19(26)9-13)32-12-21(30)28-16-6-7-17(24)18(25)10-16/h1-11H,12H2,(H,28,30)(H,29,31)/b27-11+. The molecule has 0 aliphatic carbocycles. The third kappa shape index (κ3) is 6.97. The van der Waals surface area contributed by atoms with Crippen LogP contribution in [0.3, 0.4) is 0 Å². The van der Waals surface area contributed by atoms with E-state index in [9.17, 15) is 9.59 Å². The summed E-state index contributed by atoms with van der Waals surface area (Å²) in [7, 11) is 0. The van der Waals surface area contributed by atoms with E-state index in [1.165, 1.54) is 6.21 Å². The van der Waals surface area contributed by atoms with Gasteiger partial charge in [0.1, 0.15) is 5.75 Å². The zero-order valence-electron chi connectivity index (χ0n) is 16.2. The molecule has 3 aromatic rings. The highest BCUT2D eigenvalue weighted by molar-refractivity contribution is 9.10. The first-order valence-corrected chi connectivity index (χ1v) is 11.0. The van der Waals surface area contributed by atoms with Gasteiger partial charge in [0.25, 0.3) is 11.8 Å². The van der Waals surface area contributed by atoms with Crippen LogP contribution in [0.2, 0.25) is 15.1 Å². The minimum atomic E-state index is -0.388. The Morgan fingerprint density at radius 2 is 1.69 bits per heavy atom. The van der Waals surface area contributed by atoms with Crippen molar-refractivity contribution >= 4 is 74.4 Å². The fraction of sp³-hybridized carbons (Fsp3) is 0.0455. The summed E-state index contributed by atoms with van der Waals surface area (Å²) in [5, 5.41) is 7.59. The van der Waals surface area contributed by atoms with Gasteiger partial charge in [-0.15, -0.1) is 0 Å². The van der Waals surface area contributed by atoms with Crippen LogP contribution in [0.15, 0.2) is 70.2 Å². The number of ether oxygens (including phenoxy) is 1. The van der Waals surface area contributed by atoms with Crippen LogP contribution in [0, 0.1) is 0 Å². The monoisotopic (exact) mass is 553 g/mol. The number of nitrogens with one attached hydrogen (secondary N) is 2. The van der Waals surface area contributed by atoms with Crippen molar-refractivity contribution in [1.29, 1.82) is 0 Å². The number of hydrogen-bond donors (Lipinski definition) is 2. The van der Waals surface area contributed by atoms with Crippen molar-refractivity contribution in [1.82, 2.24) is 5.43 Å². The number of amides is 2. The number of benzene rings is 3. The molecule has 0 atom stereocenters. The van der Waals surface area contributed by atoms with E-state index in [0.717, 1.165) is 4.47 Å². The largest absolute Gasteiger partial charge is 0.482 e. The van der Waals surface area contributed by atoms with Crippen molar-refractivity contribution in [3.05, 3.63) is 91.3 Å². The van der Waals surface area contributed by atoms with Crippen LogP contribution < -0.4 is 15.5 Å². The number of halogens is 4. The van der Waals surface area contributed by atoms with Crippen LogP contribution >= 0.6 is 50.7 Å². The number of anilines is 1. The van der Waals surface area contributed by atoms with Crippen LogP contribution in [0.25, 0.3) is 0 Å². The lowest BCUT2D eigenvalue weighted by atomic mass is 10.2. The van der Waals surface area contributed by atoms with Gasteiger partial charge in [-0.3, -0.25) is 9.59 Å². The number of nitrogens with zero attached hydrogens (tertiary/aromatic N) is 1. The van der Waals surface area contributed by atoms with Crippen LogP contribution in [0.4, 0.5) is 5.69 Å². The molecule has 0 saturated heterocycles. The first-order valence-electron chi connectivity index (χ1n) is 9.08. The molecule has 3 aromatic carbocycles. The smallest absolute Gasteiger partial charge is 0.271 e. The molecule has 0 unspecified atom stereocenters. The number of carbonyl (C=O) groups is 2. The third-order valence-electron chi connectivity index (χ3n) is 4.00. The van der Waals surface area contributed by atoms with Gasteiger partial charge in [0.05, 0.1) is 21.3 Å². The van der Waals surface area contributed by atoms with E-state index in [1.54, 1.807) is 60.7 Å². The topological polar surface area (TPSA) is 79.8 Å². The zero-order chi connectivity index (χ0) is 23.1. The average Bonchev–Trinajstić information content (AvgIpc) is 2.76. The van der Waals surface area contributed by atoms with E-state index in [2.05, 4.69) is 31.8 Å². The first kappa shape index (κ1) is 24.1. The molecule has 3 rings (SSSR count). The van der Waals surface area contributed by atoms with Crippen LogP contribution in [0.1, 0.15) is 15.9 Å². The highest BCUT2D eigenvalue weighted by atomic mass is 79.9. The van der Waals surface area contributed by atoms with Crippen molar-refractivity contribution in [3.8, 4) is 5.75 Å². The first-order chi connectivity index (χ1) is 15.3. The van der Waals surface area contributed by atoms with Gasteiger partial charge in [0.15, 0.2) is 6.61 Å². The van der Waals surface area contributed by atoms with Crippen molar-refractivity contribution in [2.24, 2.45) is 5.10 Å². The summed E-state index contributed by atoms with van der Waals surface area (Å²) < 4.78 is 6.35. The molecule has 0 bridgehead atoms. The Bertz CT molecular complexity index is 1170. The predicted molar refractivity (Wildman–Crippen MR) is 131 cm³/mol. The van der Waals surface area contributed by atoms with Gasteiger partial charge in [0, 0.05) is 15.7 Å². The number of rotatable bonds is 7. The summed E-state index contributed by atoms with van der Waals surface area (Å²) in [5.41, 5.74) is 4.05. The fourth-order valence-electron chi connectivity index (χ4n) is 2.46. The van der Waals surface area contributed by atoms with E-state index in [4.69, 9.17) is 39.5 Å². The summed E-state index contributed by atoms with van der Waals surface area (Å²) in [6.07, 6.45) is 1.45. The average molecular weight is 556 g/mol. The molecule has 0 radical (unpaired) electrons. The van der Waals surface area contributed by atoms with Crippen molar-refractivity contribution < 1.29 is 14.3 Å². The number of hydrogen-bond acceptors (Lipinski definition) is 4. The van der Waals surface area contributed by atoms with E-state index < -0.39 is 0 Å². The molecule has 164 valence electrons. The lowest BCUT2D eigenvalue weighted by Gasteiger charge is -2.10. The Morgan fingerprint density at radius 1 is 0.938 bits per heavy atom. The maximum Gasteiger partial charge on any atom is 0.271 e. The summed E-state index contributed by atoms with van der Waals surface area (Å²) in [5.74, 6) is -0.402. The van der Waals surface area contributed by atoms with Crippen LogP contribution in [-0.4, -0.2) is 24.6 Å². The summed E-state index contributed by atoms with van der Waals surface area (Å²) in [6, 6.07) is 16.5. The second-order valence-electron chi connectivity index (χ2n) is 6.36. The summed E-state index contributed by atoms with van der Waals surface area (Å²) in [4.78, 5) is 24.1. The highest BCUT2D eigenvalue weighted by Gasteiger charge is 2.09. The van der Waals surface area contributed by atoms with Gasteiger partial charge in [-0.2, -0.15) is 5.10 Å². The van der Waals surface area contributed by atoms with Crippen LogP contribution in [0.5, 0.6) is 5.75 Å². The Labute approximate surface area is 207 Å². The number of carbonyl (C=O) groups excluding carboxylic acids is 2. The molecular weight excluding hydrogens is 541 g/mol. The molecule has 0 aliphatic heterocycles. The Morgan fingerprint density at radius 3 is 2.38 bits per heavy atom. The van der Waals surface area contributed by atoms with Gasteiger partial charge in [-0.05, 0) is 66.2 Å². The molecule has 0 spiro atoms. The van der Waals surface area contributed by atoms with E-state index in [0.29, 0.717) is 32.6 Å². The molecule has 32 heavy (non-hydrogen) atoms. The molecule has 0 aromatic heterocycles. The minimum absolute atomic E-state index is 0.253. The van der Waals surface area contributed by atoms with E-state index in [-0.39, 0.29) is 23.4 Å². The lowest BCUT2D eigenvalue weighted by molar-refractivity contribution is -0.118. The second-order valence-corrected chi connectivity index (χ2v) is 8.50. The Balaban J connectivity index is 1.52. The minimum Gasteiger partial charge on any atom is -0.482 e. The maximum absolute atomic E-state index is 12.1. The summed E-state index contributed by atoms with van der Waals surface area (Å²) >= 11 is 21.3. The molecule has 0 fully saturated rings. The number of hydrazone groups is 1. The molecule has 10 heteroatoms. The predicted octanol–water partition coefficient (Wildman–Crippen LogP) is 6.19. The molecule has 0 saturated carbocycles. The highest BCUT2D eigenvalue weighted by Crippen LogP contribution is 2.26. The quantitative estimate of drug-likeness (QED) is 0.270. The van der Waals surface area contributed by atoms with Gasteiger partial charge in [-0.1, -0.05) is 50.7 Å².